The molecule has 0 unspecified atom stereocenters. The van der Waals surface area contributed by atoms with Crippen LogP contribution >= 0.6 is 11.3 Å². The highest BCUT2D eigenvalue weighted by Crippen LogP contribution is 2.30. The summed E-state index contributed by atoms with van der Waals surface area (Å²) >= 11 is 1.44. The molecule has 2 heterocycles. The molecule has 2 aromatic heterocycles. The zero-order valence-corrected chi connectivity index (χ0v) is 21.0. The number of hydrogen-bond acceptors (Lipinski definition) is 5. The van der Waals surface area contributed by atoms with Crippen LogP contribution in [0.1, 0.15) is 43.1 Å². The smallest absolute Gasteiger partial charge is 0.262 e. The fraction of sp³-hybridized carbons (Fsp3) is 0.259. The molecule has 2 amide bonds. The van der Waals surface area contributed by atoms with E-state index in [2.05, 4.69) is 15.6 Å². The van der Waals surface area contributed by atoms with E-state index in [-0.39, 0.29) is 35.9 Å². The average molecular weight is 489 g/mol. The third-order valence-electron chi connectivity index (χ3n) is 5.42. The van der Waals surface area contributed by atoms with E-state index >= 15 is 0 Å². The van der Waals surface area contributed by atoms with E-state index in [1.54, 1.807) is 24.3 Å². The molecule has 180 valence electrons. The Bertz CT molecular complexity index is 1430. The van der Waals surface area contributed by atoms with Crippen molar-refractivity contribution in [2.24, 2.45) is 0 Å². The van der Waals surface area contributed by atoms with Gasteiger partial charge in [-0.25, -0.2) is 4.98 Å². The largest absolute Gasteiger partial charge is 0.347 e. The summed E-state index contributed by atoms with van der Waals surface area (Å²) in [6.45, 7) is 7.98. The first kappa shape index (κ1) is 24.3. The molecule has 4 rings (SSSR count). The number of rotatable bonds is 6. The highest BCUT2D eigenvalue weighted by atomic mass is 32.1. The molecular weight excluding hydrogens is 460 g/mol. The summed E-state index contributed by atoms with van der Waals surface area (Å²) in [5, 5.41) is 8.24. The zero-order valence-electron chi connectivity index (χ0n) is 20.2. The quantitative estimate of drug-likeness (QED) is 0.400. The Morgan fingerprint density at radius 3 is 2.37 bits per heavy atom. The first-order valence-corrected chi connectivity index (χ1v) is 12.2. The number of aromatic nitrogens is 2. The van der Waals surface area contributed by atoms with Crippen LogP contribution in [-0.2, 0) is 11.3 Å². The highest BCUT2D eigenvalue weighted by molar-refractivity contribution is 7.17. The number of aryl methyl sites for hydroxylation is 2. The van der Waals surface area contributed by atoms with E-state index < -0.39 is 0 Å². The molecule has 35 heavy (non-hydrogen) atoms. The molecule has 0 saturated heterocycles. The predicted octanol–water partition coefficient (Wildman–Crippen LogP) is 4.99. The van der Waals surface area contributed by atoms with E-state index in [1.165, 1.54) is 22.2 Å². The molecule has 8 heteroatoms. The first-order valence-electron chi connectivity index (χ1n) is 11.4. The topological polar surface area (TPSA) is 93.1 Å². The van der Waals surface area contributed by atoms with Gasteiger partial charge < -0.3 is 10.6 Å². The lowest BCUT2D eigenvalue weighted by Gasteiger charge is -2.20. The van der Waals surface area contributed by atoms with Crippen molar-refractivity contribution in [3.63, 3.8) is 0 Å². The van der Waals surface area contributed by atoms with Crippen molar-refractivity contribution in [3.8, 4) is 11.1 Å². The van der Waals surface area contributed by atoms with Gasteiger partial charge in [-0.2, -0.15) is 0 Å². The maximum atomic E-state index is 13.2. The predicted molar refractivity (Wildman–Crippen MR) is 141 cm³/mol. The molecule has 0 bridgehead atoms. The molecule has 0 aliphatic heterocycles. The molecule has 0 aliphatic rings. The van der Waals surface area contributed by atoms with Crippen LogP contribution in [0.15, 0.2) is 65.0 Å². The minimum atomic E-state index is -0.330. The number of hydrogen-bond donors (Lipinski definition) is 2. The first-order chi connectivity index (χ1) is 16.6. The second-order valence-corrected chi connectivity index (χ2v) is 10.4. The zero-order chi connectivity index (χ0) is 25.2. The van der Waals surface area contributed by atoms with Gasteiger partial charge in [-0.1, -0.05) is 29.8 Å². The highest BCUT2D eigenvalue weighted by Gasteiger charge is 2.16. The van der Waals surface area contributed by atoms with E-state index in [4.69, 9.17) is 0 Å². The monoisotopic (exact) mass is 488 g/mol. The van der Waals surface area contributed by atoms with Crippen molar-refractivity contribution in [1.29, 1.82) is 0 Å². The summed E-state index contributed by atoms with van der Waals surface area (Å²) < 4.78 is 1.48. The number of amides is 2. The number of anilines is 1. The number of fused-ring (bicyclic) bond motifs is 1. The molecule has 0 saturated carbocycles. The second kappa shape index (κ2) is 9.84. The van der Waals surface area contributed by atoms with Crippen LogP contribution in [0.2, 0.25) is 0 Å². The van der Waals surface area contributed by atoms with Gasteiger partial charge in [0, 0.05) is 40.7 Å². The lowest BCUT2D eigenvalue weighted by atomic mass is 10.1. The molecule has 2 aromatic carbocycles. The van der Waals surface area contributed by atoms with Crippen molar-refractivity contribution in [3.05, 3.63) is 81.7 Å². The Hall–Kier alpha value is -3.78. The van der Waals surface area contributed by atoms with Gasteiger partial charge in [0.2, 0.25) is 5.91 Å². The van der Waals surface area contributed by atoms with Crippen LogP contribution in [-0.4, -0.2) is 26.9 Å². The summed E-state index contributed by atoms with van der Waals surface area (Å²) in [6, 6.07) is 14.7. The molecule has 4 aromatic rings. The average Bonchev–Trinajstić information content (AvgIpc) is 3.23. The van der Waals surface area contributed by atoms with Gasteiger partial charge in [-0.05, 0) is 57.5 Å². The summed E-state index contributed by atoms with van der Waals surface area (Å²) in [7, 11) is 0. The van der Waals surface area contributed by atoms with Crippen LogP contribution < -0.4 is 16.2 Å². The molecule has 0 spiro atoms. The van der Waals surface area contributed by atoms with Crippen molar-refractivity contribution in [2.45, 2.75) is 46.2 Å². The van der Waals surface area contributed by atoms with Gasteiger partial charge in [0.1, 0.15) is 4.83 Å². The van der Waals surface area contributed by atoms with Crippen LogP contribution in [0.4, 0.5) is 5.69 Å². The Morgan fingerprint density at radius 1 is 1.03 bits per heavy atom. The lowest BCUT2D eigenvalue weighted by molar-refractivity contribution is -0.116. The van der Waals surface area contributed by atoms with Crippen LogP contribution in [0.25, 0.3) is 21.3 Å². The minimum absolute atomic E-state index is 0.114. The fourth-order valence-electron chi connectivity index (χ4n) is 3.64. The molecule has 0 atom stereocenters. The summed E-state index contributed by atoms with van der Waals surface area (Å²) in [5.41, 5.74) is 3.59. The van der Waals surface area contributed by atoms with Crippen LogP contribution in [0, 0.1) is 6.92 Å². The van der Waals surface area contributed by atoms with E-state index in [0.717, 1.165) is 16.7 Å². The molecular formula is C27H28N4O3S. The summed E-state index contributed by atoms with van der Waals surface area (Å²) in [5.74, 6) is -0.399. The molecule has 0 fully saturated rings. The van der Waals surface area contributed by atoms with E-state index in [0.29, 0.717) is 21.5 Å². The van der Waals surface area contributed by atoms with Crippen molar-refractivity contribution in [2.75, 3.05) is 5.32 Å². The van der Waals surface area contributed by atoms with Gasteiger partial charge in [0.25, 0.3) is 11.5 Å². The Balaban J connectivity index is 1.43. The van der Waals surface area contributed by atoms with Crippen LogP contribution in [0.3, 0.4) is 0 Å². The number of carbonyl (C=O) groups is 2. The van der Waals surface area contributed by atoms with Crippen molar-refractivity contribution >= 4 is 39.1 Å². The van der Waals surface area contributed by atoms with Gasteiger partial charge in [0.15, 0.2) is 0 Å². The lowest BCUT2D eigenvalue weighted by Crippen LogP contribution is -2.40. The third-order valence-corrected chi connectivity index (χ3v) is 6.31. The molecule has 0 aliphatic carbocycles. The summed E-state index contributed by atoms with van der Waals surface area (Å²) in [4.78, 5) is 43.1. The molecule has 7 nitrogen and oxygen atoms in total. The van der Waals surface area contributed by atoms with E-state index in [1.807, 2.05) is 57.3 Å². The Kier molecular flexibility index (Phi) is 6.84. The standard InChI is InChI=1S/C27H28N4O3S/c1-17-5-7-18(8-6-17)21-15-35-25-23(21)26(34)31(16-28-25)14-13-22(32)29-20-11-9-19(10-12-20)24(33)30-27(2,3)4/h5-12,15-16H,13-14H2,1-4H3,(H,29,32)(H,30,33). The Labute approximate surface area is 207 Å². The number of thiophene rings is 1. The fourth-order valence-corrected chi connectivity index (χ4v) is 4.54. The molecule has 2 N–H and O–H groups in total. The van der Waals surface area contributed by atoms with Crippen molar-refractivity contribution in [1.82, 2.24) is 14.9 Å². The van der Waals surface area contributed by atoms with Crippen molar-refractivity contribution < 1.29 is 9.59 Å². The van der Waals surface area contributed by atoms with Gasteiger partial charge in [-0.15, -0.1) is 11.3 Å². The minimum Gasteiger partial charge on any atom is -0.347 e. The van der Waals surface area contributed by atoms with Gasteiger partial charge in [-0.3, -0.25) is 19.0 Å². The maximum absolute atomic E-state index is 13.2. The second-order valence-electron chi connectivity index (χ2n) is 9.52. The number of nitrogens with one attached hydrogen (secondary N) is 2. The summed E-state index contributed by atoms with van der Waals surface area (Å²) in [6.07, 6.45) is 1.61. The number of nitrogens with zero attached hydrogens (tertiary/aromatic N) is 2. The van der Waals surface area contributed by atoms with Gasteiger partial charge >= 0.3 is 0 Å². The van der Waals surface area contributed by atoms with Gasteiger partial charge in [0.05, 0.1) is 11.7 Å². The SMILES string of the molecule is Cc1ccc(-c2csc3ncn(CCC(=O)Nc4ccc(C(=O)NC(C)(C)C)cc4)c(=O)c23)cc1. The molecule has 0 radical (unpaired) electrons. The number of carbonyl (C=O) groups excluding carboxylic acids is 2. The third kappa shape index (κ3) is 5.84. The normalized spacial score (nSPS) is 11.4. The van der Waals surface area contributed by atoms with Crippen LogP contribution in [0.5, 0.6) is 0 Å². The maximum Gasteiger partial charge on any atom is 0.262 e. The number of benzene rings is 2. The van der Waals surface area contributed by atoms with E-state index in [9.17, 15) is 14.4 Å². The Morgan fingerprint density at radius 2 is 1.71 bits per heavy atom.